The van der Waals surface area contributed by atoms with Crippen LogP contribution in [0.15, 0.2) is 0 Å². The molecule has 0 amide bonds. The number of alkyl halides is 1. The minimum Gasteiger partial charge on any atom is -0.465 e. The third-order valence-electron chi connectivity index (χ3n) is 1.37. The lowest BCUT2D eigenvalue weighted by molar-refractivity contribution is -0.145. The number of rotatable bonds is 3. The summed E-state index contributed by atoms with van der Waals surface area (Å²) < 4.78 is 4.73. The van der Waals surface area contributed by atoms with Crippen LogP contribution in [0.3, 0.4) is 0 Å². The first-order valence-electron chi connectivity index (χ1n) is 3.40. The SMILES string of the molecule is CCOC(=O)C(C)(Cl)CC. The fourth-order valence-corrected chi connectivity index (χ4v) is 0.480. The van der Waals surface area contributed by atoms with E-state index < -0.39 is 4.87 Å². The molecular weight excluding hydrogens is 152 g/mol. The van der Waals surface area contributed by atoms with Crippen LogP contribution in [0.25, 0.3) is 0 Å². The van der Waals surface area contributed by atoms with Gasteiger partial charge in [0.15, 0.2) is 0 Å². The highest BCUT2D eigenvalue weighted by Crippen LogP contribution is 2.19. The van der Waals surface area contributed by atoms with Crippen LogP contribution in [0.4, 0.5) is 0 Å². The molecule has 0 bridgehead atoms. The highest BCUT2D eigenvalue weighted by Gasteiger charge is 2.29. The van der Waals surface area contributed by atoms with Crippen molar-refractivity contribution in [1.82, 2.24) is 0 Å². The Morgan fingerprint density at radius 1 is 1.60 bits per heavy atom. The highest BCUT2D eigenvalue weighted by atomic mass is 35.5. The van der Waals surface area contributed by atoms with Gasteiger partial charge in [-0.3, -0.25) is 4.79 Å². The van der Waals surface area contributed by atoms with E-state index in [-0.39, 0.29) is 5.97 Å². The summed E-state index contributed by atoms with van der Waals surface area (Å²) in [6.07, 6.45) is 0.591. The van der Waals surface area contributed by atoms with E-state index >= 15 is 0 Å². The lowest BCUT2D eigenvalue weighted by Crippen LogP contribution is -2.29. The van der Waals surface area contributed by atoms with Crippen LogP contribution in [0.5, 0.6) is 0 Å². The molecule has 2 nitrogen and oxygen atoms in total. The van der Waals surface area contributed by atoms with Crippen molar-refractivity contribution in [3.63, 3.8) is 0 Å². The quantitative estimate of drug-likeness (QED) is 0.471. The molecule has 0 aromatic rings. The summed E-state index contributed by atoms with van der Waals surface area (Å²) in [6, 6.07) is 0. The molecule has 0 fully saturated rings. The molecule has 0 aliphatic rings. The molecule has 10 heavy (non-hydrogen) atoms. The van der Waals surface area contributed by atoms with Crippen molar-refractivity contribution >= 4 is 17.6 Å². The second-order valence-corrected chi connectivity index (χ2v) is 3.11. The van der Waals surface area contributed by atoms with Gasteiger partial charge in [-0.25, -0.2) is 0 Å². The fraction of sp³-hybridized carbons (Fsp3) is 0.857. The van der Waals surface area contributed by atoms with Gasteiger partial charge in [0.05, 0.1) is 6.61 Å². The van der Waals surface area contributed by atoms with Gasteiger partial charge in [0.2, 0.25) is 0 Å². The van der Waals surface area contributed by atoms with E-state index in [1.165, 1.54) is 0 Å². The van der Waals surface area contributed by atoms with E-state index in [1.54, 1.807) is 13.8 Å². The third kappa shape index (κ3) is 2.56. The Morgan fingerprint density at radius 3 is 2.40 bits per heavy atom. The molecule has 60 valence electrons. The first-order valence-corrected chi connectivity index (χ1v) is 3.78. The molecule has 0 spiro atoms. The number of hydrogen-bond donors (Lipinski definition) is 0. The second kappa shape index (κ2) is 3.81. The number of halogens is 1. The van der Waals surface area contributed by atoms with Gasteiger partial charge < -0.3 is 4.74 Å². The predicted molar refractivity (Wildman–Crippen MR) is 41.2 cm³/mol. The zero-order chi connectivity index (χ0) is 8.20. The van der Waals surface area contributed by atoms with Crippen molar-refractivity contribution in [3.8, 4) is 0 Å². The van der Waals surface area contributed by atoms with Crippen LogP contribution in [-0.4, -0.2) is 17.5 Å². The summed E-state index contributed by atoms with van der Waals surface area (Å²) in [7, 11) is 0. The predicted octanol–water partition coefficient (Wildman–Crippen LogP) is 1.96. The molecule has 0 aliphatic heterocycles. The van der Waals surface area contributed by atoms with E-state index in [0.29, 0.717) is 13.0 Å². The fourth-order valence-electron chi connectivity index (χ4n) is 0.426. The maximum Gasteiger partial charge on any atom is 0.326 e. The first-order chi connectivity index (χ1) is 4.54. The van der Waals surface area contributed by atoms with Gasteiger partial charge in [0.1, 0.15) is 4.87 Å². The maximum absolute atomic E-state index is 10.9. The third-order valence-corrected chi connectivity index (χ3v) is 1.79. The van der Waals surface area contributed by atoms with Crippen molar-refractivity contribution in [2.75, 3.05) is 6.61 Å². The van der Waals surface area contributed by atoms with E-state index in [1.807, 2.05) is 6.92 Å². The van der Waals surface area contributed by atoms with Crippen LogP contribution in [0, 0.1) is 0 Å². The standard InChI is InChI=1S/C7H13ClO2/c1-4-7(3,8)6(9)10-5-2/h4-5H2,1-3H3. The van der Waals surface area contributed by atoms with E-state index in [4.69, 9.17) is 16.3 Å². The van der Waals surface area contributed by atoms with Crippen molar-refractivity contribution < 1.29 is 9.53 Å². The van der Waals surface area contributed by atoms with Crippen LogP contribution in [0.2, 0.25) is 0 Å². The number of carbonyl (C=O) groups is 1. The Balaban J connectivity index is 3.91. The van der Waals surface area contributed by atoms with E-state index in [0.717, 1.165) is 0 Å². The Labute approximate surface area is 66.5 Å². The Bertz CT molecular complexity index is 121. The van der Waals surface area contributed by atoms with Gasteiger partial charge in [-0.05, 0) is 20.3 Å². The van der Waals surface area contributed by atoms with Crippen LogP contribution < -0.4 is 0 Å². The topological polar surface area (TPSA) is 26.3 Å². The molecule has 0 radical (unpaired) electrons. The zero-order valence-corrected chi connectivity index (χ0v) is 7.36. The van der Waals surface area contributed by atoms with Crippen LogP contribution in [0.1, 0.15) is 27.2 Å². The minimum atomic E-state index is -0.837. The number of esters is 1. The maximum atomic E-state index is 10.9. The largest absolute Gasteiger partial charge is 0.465 e. The van der Waals surface area contributed by atoms with Gasteiger partial charge in [-0.15, -0.1) is 11.6 Å². The molecule has 1 unspecified atom stereocenters. The number of ether oxygens (including phenoxy) is 1. The minimum absolute atomic E-state index is 0.334. The molecule has 0 aliphatic carbocycles. The molecule has 0 rings (SSSR count). The normalized spacial score (nSPS) is 16.0. The van der Waals surface area contributed by atoms with Crippen molar-refractivity contribution in [1.29, 1.82) is 0 Å². The van der Waals surface area contributed by atoms with Crippen molar-refractivity contribution in [2.24, 2.45) is 0 Å². The summed E-state index contributed by atoms with van der Waals surface area (Å²) in [6.45, 7) is 5.66. The summed E-state index contributed by atoms with van der Waals surface area (Å²) in [5.74, 6) is -0.334. The molecule has 0 heterocycles. The van der Waals surface area contributed by atoms with Gasteiger partial charge in [-0.1, -0.05) is 6.92 Å². The summed E-state index contributed by atoms with van der Waals surface area (Å²) >= 11 is 5.78. The summed E-state index contributed by atoms with van der Waals surface area (Å²) in [5, 5.41) is 0. The van der Waals surface area contributed by atoms with Gasteiger partial charge in [-0.2, -0.15) is 0 Å². The molecule has 0 saturated carbocycles. The molecule has 3 heteroatoms. The van der Waals surface area contributed by atoms with Gasteiger partial charge in [0, 0.05) is 0 Å². The molecule has 1 atom stereocenters. The average molecular weight is 165 g/mol. The molecular formula is C7H13ClO2. The Hall–Kier alpha value is -0.240. The summed E-state index contributed by atoms with van der Waals surface area (Å²) in [4.78, 5) is 10.1. The molecule has 0 aromatic carbocycles. The molecule has 0 N–H and O–H groups in total. The van der Waals surface area contributed by atoms with Crippen molar-refractivity contribution in [3.05, 3.63) is 0 Å². The van der Waals surface area contributed by atoms with E-state index in [9.17, 15) is 4.79 Å². The van der Waals surface area contributed by atoms with Crippen LogP contribution >= 0.6 is 11.6 Å². The van der Waals surface area contributed by atoms with Gasteiger partial charge in [0.25, 0.3) is 0 Å². The molecule has 0 saturated heterocycles. The van der Waals surface area contributed by atoms with Crippen LogP contribution in [-0.2, 0) is 9.53 Å². The lowest BCUT2D eigenvalue weighted by Gasteiger charge is -2.16. The average Bonchev–Trinajstić information content (AvgIpc) is 1.89. The number of carbonyl (C=O) groups excluding carboxylic acids is 1. The number of hydrogen-bond acceptors (Lipinski definition) is 2. The Morgan fingerprint density at radius 2 is 2.10 bits per heavy atom. The van der Waals surface area contributed by atoms with Gasteiger partial charge >= 0.3 is 5.97 Å². The Kier molecular flexibility index (Phi) is 3.72. The molecule has 0 aromatic heterocycles. The van der Waals surface area contributed by atoms with E-state index in [2.05, 4.69) is 0 Å². The monoisotopic (exact) mass is 164 g/mol. The van der Waals surface area contributed by atoms with Crippen molar-refractivity contribution in [2.45, 2.75) is 32.1 Å². The summed E-state index contributed by atoms with van der Waals surface area (Å²) in [5.41, 5.74) is 0. The lowest BCUT2D eigenvalue weighted by atomic mass is 10.1. The zero-order valence-electron chi connectivity index (χ0n) is 6.61. The smallest absolute Gasteiger partial charge is 0.326 e. The highest BCUT2D eigenvalue weighted by molar-refractivity contribution is 6.33. The first kappa shape index (κ1) is 9.76. The second-order valence-electron chi connectivity index (χ2n) is 2.27.